The summed E-state index contributed by atoms with van der Waals surface area (Å²) in [6, 6.07) is 12.7. The summed E-state index contributed by atoms with van der Waals surface area (Å²) in [5, 5.41) is 10.5. The number of hydrogen-bond acceptors (Lipinski definition) is 4. The van der Waals surface area contributed by atoms with Crippen LogP contribution in [0.2, 0.25) is 5.02 Å². The fraction of sp³-hybridized carbons (Fsp3) is 0.227. The molecule has 1 aliphatic heterocycles. The zero-order chi connectivity index (χ0) is 20.9. The first-order valence-electron chi connectivity index (χ1n) is 9.73. The summed E-state index contributed by atoms with van der Waals surface area (Å²) in [6.07, 6.45) is 5.55. The molecule has 0 saturated heterocycles. The number of carbonyl (C=O) groups is 2. The maximum atomic E-state index is 12.4. The largest absolute Gasteiger partial charge is 0.494 e. The van der Waals surface area contributed by atoms with Crippen LogP contribution in [0, 0.1) is 0 Å². The molecule has 0 fully saturated rings. The lowest BCUT2D eigenvalue weighted by Gasteiger charge is -2.17. The van der Waals surface area contributed by atoms with Crippen molar-refractivity contribution in [1.82, 2.24) is 9.78 Å². The van der Waals surface area contributed by atoms with Crippen molar-refractivity contribution in [3.8, 4) is 11.4 Å². The Morgan fingerprint density at radius 1 is 1.23 bits per heavy atom. The summed E-state index contributed by atoms with van der Waals surface area (Å²) in [4.78, 5) is 23.8. The maximum absolute atomic E-state index is 12.4. The van der Waals surface area contributed by atoms with Gasteiger partial charge in [0.05, 0.1) is 18.0 Å². The van der Waals surface area contributed by atoms with Gasteiger partial charge in [-0.25, -0.2) is 4.68 Å². The molecule has 2 heterocycles. The second-order valence-corrected chi connectivity index (χ2v) is 7.42. The first kappa shape index (κ1) is 20.0. The minimum absolute atomic E-state index is 0.0394. The SMILES string of the molecule is O=C1CCc2cc(OCCCC(=O)Nc3cc(Cl)ccc3-n3cccn3)ccc2N1. The van der Waals surface area contributed by atoms with E-state index < -0.39 is 0 Å². The number of halogens is 1. The number of aryl methyl sites for hydroxylation is 1. The fourth-order valence-corrected chi connectivity index (χ4v) is 3.48. The highest BCUT2D eigenvalue weighted by Crippen LogP contribution is 2.27. The third-order valence-corrected chi connectivity index (χ3v) is 5.01. The average Bonchev–Trinajstić information content (AvgIpc) is 3.26. The average molecular weight is 425 g/mol. The second-order valence-electron chi connectivity index (χ2n) is 6.98. The molecule has 7 nitrogen and oxygen atoms in total. The summed E-state index contributed by atoms with van der Waals surface area (Å²) < 4.78 is 7.45. The van der Waals surface area contributed by atoms with Crippen molar-refractivity contribution >= 4 is 34.8 Å². The van der Waals surface area contributed by atoms with Crippen LogP contribution in [-0.4, -0.2) is 28.2 Å². The minimum atomic E-state index is -0.123. The Bertz CT molecular complexity index is 1070. The number of anilines is 2. The van der Waals surface area contributed by atoms with E-state index in [0.717, 1.165) is 22.7 Å². The van der Waals surface area contributed by atoms with Crippen molar-refractivity contribution < 1.29 is 14.3 Å². The summed E-state index contributed by atoms with van der Waals surface area (Å²) in [7, 11) is 0. The number of benzene rings is 2. The fourth-order valence-electron chi connectivity index (χ4n) is 3.30. The van der Waals surface area contributed by atoms with Gasteiger partial charge in [-0.1, -0.05) is 11.6 Å². The Morgan fingerprint density at radius 3 is 2.97 bits per heavy atom. The normalized spacial score (nSPS) is 12.8. The number of rotatable bonds is 7. The van der Waals surface area contributed by atoms with E-state index in [1.807, 2.05) is 30.3 Å². The van der Waals surface area contributed by atoms with E-state index in [4.69, 9.17) is 16.3 Å². The number of hydrogen-bond donors (Lipinski definition) is 2. The lowest BCUT2D eigenvalue weighted by atomic mass is 10.0. The highest BCUT2D eigenvalue weighted by Gasteiger charge is 2.15. The summed E-state index contributed by atoms with van der Waals surface area (Å²) >= 11 is 6.09. The van der Waals surface area contributed by atoms with Crippen LogP contribution in [-0.2, 0) is 16.0 Å². The third kappa shape index (κ3) is 4.80. The Balaban J connectivity index is 1.29. The van der Waals surface area contributed by atoms with E-state index in [9.17, 15) is 9.59 Å². The number of nitrogens with zero attached hydrogens (tertiary/aromatic N) is 2. The predicted molar refractivity (Wildman–Crippen MR) is 115 cm³/mol. The van der Waals surface area contributed by atoms with Crippen LogP contribution in [0.1, 0.15) is 24.8 Å². The van der Waals surface area contributed by atoms with E-state index in [-0.39, 0.29) is 11.8 Å². The molecule has 3 aromatic rings. The molecule has 1 aromatic heterocycles. The van der Waals surface area contributed by atoms with E-state index in [0.29, 0.717) is 43.0 Å². The van der Waals surface area contributed by atoms with E-state index >= 15 is 0 Å². The molecule has 8 heteroatoms. The molecule has 0 aliphatic carbocycles. The standard InChI is InChI=1S/C22H21ClN4O3/c23-16-5-8-20(27-11-2-10-24-27)19(14-16)26-21(28)3-1-12-30-17-6-7-18-15(13-17)4-9-22(29)25-18/h2,5-8,10-11,13-14H,1,3-4,9,12H2,(H,25,29)(H,26,28). The molecule has 2 aromatic carbocycles. The zero-order valence-electron chi connectivity index (χ0n) is 16.2. The lowest BCUT2D eigenvalue weighted by molar-refractivity contribution is -0.117. The third-order valence-electron chi connectivity index (χ3n) is 4.77. The molecule has 4 rings (SSSR count). The first-order chi connectivity index (χ1) is 14.6. The molecule has 2 amide bonds. The maximum Gasteiger partial charge on any atom is 0.224 e. The topological polar surface area (TPSA) is 85.2 Å². The van der Waals surface area contributed by atoms with Crippen molar-refractivity contribution in [2.75, 3.05) is 17.2 Å². The Labute approximate surface area is 179 Å². The van der Waals surface area contributed by atoms with Crippen LogP contribution in [0.25, 0.3) is 5.69 Å². The zero-order valence-corrected chi connectivity index (χ0v) is 17.0. The van der Waals surface area contributed by atoms with Crippen molar-refractivity contribution in [1.29, 1.82) is 0 Å². The number of amides is 2. The molecule has 0 radical (unpaired) electrons. The molecular formula is C22H21ClN4O3. The van der Waals surface area contributed by atoms with Gasteiger partial charge >= 0.3 is 0 Å². The van der Waals surface area contributed by atoms with Gasteiger partial charge in [0.15, 0.2) is 0 Å². The first-order valence-corrected chi connectivity index (χ1v) is 10.1. The number of ether oxygens (including phenoxy) is 1. The van der Waals surface area contributed by atoms with Gasteiger partial charge in [-0.15, -0.1) is 0 Å². The predicted octanol–water partition coefficient (Wildman–Crippen LogP) is 4.21. The molecule has 154 valence electrons. The molecule has 2 N–H and O–H groups in total. The summed E-state index contributed by atoms with van der Waals surface area (Å²) in [5.41, 5.74) is 3.26. The van der Waals surface area contributed by atoms with Crippen molar-refractivity contribution in [3.63, 3.8) is 0 Å². The molecule has 1 aliphatic rings. The molecule has 0 unspecified atom stereocenters. The molecule has 0 bridgehead atoms. The van der Waals surface area contributed by atoms with Gasteiger partial charge in [0.25, 0.3) is 0 Å². The van der Waals surface area contributed by atoms with E-state index in [2.05, 4.69) is 15.7 Å². The van der Waals surface area contributed by atoms with Crippen LogP contribution in [0.5, 0.6) is 5.75 Å². The molecule has 0 spiro atoms. The molecule has 0 atom stereocenters. The van der Waals surface area contributed by atoms with Gasteiger partial charge in [-0.05, 0) is 60.9 Å². The molecule has 30 heavy (non-hydrogen) atoms. The summed E-state index contributed by atoms with van der Waals surface area (Å²) in [5.74, 6) is 0.654. The number of fused-ring (bicyclic) bond motifs is 1. The Hall–Kier alpha value is -3.32. The quantitative estimate of drug-likeness (QED) is 0.556. The van der Waals surface area contributed by atoms with Gasteiger partial charge < -0.3 is 15.4 Å². The van der Waals surface area contributed by atoms with Crippen molar-refractivity contribution in [3.05, 3.63) is 65.4 Å². The minimum Gasteiger partial charge on any atom is -0.494 e. The van der Waals surface area contributed by atoms with Gasteiger partial charge in [0, 0.05) is 35.9 Å². The number of carbonyl (C=O) groups excluding carboxylic acids is 2. The van der Waals surface area contributed by atoms with E-state index in [1.165, 1.54) is 0 Å². The van der Waals surface area contributed by atoms with Gasteiger partial charge in [-0.3, -0.25) is 9.59 Å². The monoisotopic (exact) mass is 424 g/mol. The van der Waals surface area contributed by atoms with Crippen LogP contribution in [0.3, 0.4) is 0 Å². The smallest absolute Gasteiger partial charge is 0.224 e. The molecule has 0 saturated carbocycles. The Morgan fingerprint density at radius 2 is 2.13 bits per heavy atom. The number of aromatic nitrogens is 2. The summed E-state index contributed by atoms with van der Waals surface area (Å²) in [6.45, 7) is 0.417. The van der Waals surface area contributed by atoms with Gasteiger partial charge in [-0.2, -0.15) is 5.10 Å². The van der Waals surface area contributed by atoms with E-state index in [1.54, 1.807) is 29.2 Å². The van der Waals surface area contributed by atoms with Gasteiger partial charge in [0.2, 0.25) is 11.8 Å². The van der Waals surface area contributed by atoms with Crippen molar-refractivity contribution in [2.45, 2.75) is 25.7 Å². The second kappa shape index (κ2) is 9.00. The highest BCUT2D eigenvalue weighted by molar-refractivity contribution is 6.31. The lowest BCUT2D eigenvalue weighted by Crippen LogP contribution is -2.18. The van der Waals surface area contributed by atoms with Gasteiger partial charge in [0.1, 0.15) is 5.75 Å². The Kier molecular flexibility index (Phi) is 5.99. The van der Waals surface area contributed by atoms with Crippen LogP contribution in [0.15, 0.2) is 54.9 Å². The van der Waals surface area contributed by atoms with Crippen LogP contribution >= 0.6 is 11.6 Å². The molecular weight excluding hydrogens is 404 g/mol. The van der Waals surface area contributed by atoms with Crippen molar-refractivity contribution in [2.24, 2.45) is 0 Å². The number of nitrogens with one attached hydrogen (secondary N) is 2. The van der Waals surface area contributed by atoms with Crippen LogP contribution in [0.4, 0.5) is 11.4 Å². The van der Waals surface area contributed by atoms with Crippen LogP contribution < -0.4 is 15.4 Å². The highest BCUT2D eigenvalue weighted by atomic mass is 35.5.